The van der Waals surface area contributed by atoms with Crippen LogP contribution in [-0.4, -0.2) is 52.8 Å². The zero-order chi connectivity index (χ0) is 27.2. The molecule has 3 heterocycles. The number of likely N-dealkylation sites (tertiary alicyclic amines) is 1. The number of piperazine rings is 1. The summed E-state index contributed by atoms with van der Waals surface area (Å²) in [6, 6.07) is 12.0. The predicted molar refractivity (Wildman–Crippen MR) is 152 cm³/mol. The van der Waals surface area contributed by atoms with Crippen LogP contribution in [0.1, 0.15) is 87.8 Å². The lowest BCUT2D eigenvalue weighted by Gasteiger charge is -2.52. The van der Waals surface area contributed by atoms with Crippen molar-refractivity contribution >= 4 is 11.8 Å². The monoisotopic (exact) mass is 532 g/mol. The predicted octanol–water partition coefficient (Wildman–Crippen LogP) is 4.34. The van der Waals surface area contributed by atoms with Gasteiger partial charge in [0.25, 0.3) is 0 Å². The molecule has 2 saturated heterocycles. The highest BCUT2D eigenvalue weighted by atomic mass is 16.5. The Morgan fingerprint density at radius 2 is 1.72 bits per heavy atom. The van der Waals surface area contributed by atoms with Gasteiger partial charge in [0.15, 0.2) is 12.4 Å². The standard InChI is InChI=1S/C32H44N4O3/c1-2-3-18-36-30(37)29(22-25-8-5-4-6-9-25)33-31(38)32(36)15-19-34(20-16-32)23-27-13-11-26(12-14-27)21-28-10-7-17-35(39)24-28/h7,10-14,17,24-25,29H,2-6,8-9,15-16,18-23H2,1H3,(H,33,38)/t29-/m0/s1. The Kier molecular flexibility index (Phi) is 8.85. The third kappa shape index (κ3) is 6.46. The topological polar surface area (TPSA) is 79.6 Å². The van der Waals surface area contributed by atoms with Crippen LogP contribution in [0.3, 0.4) is 0 Å². The first-order valence-corrected chi connectivity index (χ1v) is 15.1. The summed E-state index contributed by atoms with van der Waals surface area (Å²) in [6.07, 6.45) is 14.1. The van der Waals surface area contributed by atoms with E-state index in [4.69, 9.17) is 0 Å². The van der Waals surface area contributed by atoms with Crippen LogP contribution in [0, 0.1) is 11.1 Å². The second-order valence-electron chi connectivity index (χ2n) is 12.0. The van der Waals surface area contributed by atoms with E-state index >= 15 is 0 Å². The maximum Gasteiger partial charge on any atom is 0.246 e. The van der Waals surface area contributed by atoms with Crippen LogP contribution >= 0.6 is 0 Å². The minimum absolute atomic E-state index is 0.0725. The van der Waals surface area contributed by atoms with E-state index in [0.717, 1.165) is 55.6 Å². The molecule has 0 bridgehead atoms. The maximum absolute atomic E-state index is 13.8. The Balaban J connectivity index is 1.20. The van der Waals surface area contributed by atoms with Gasteiger partial charge in [-0.2, -0.15) is 4.73 Å². The molecule has 5 rings (SSSR count). The molecule has 1 atom stereocenters. The summed E-state index contributed by atoms with van der Waals surface area (Å²) in [4.78, 5) is 31.8. The molecule has 1 saturated carbocycles. The number of nitrogens with one attached hydrogen (secondary N) is 1. The quantitative estimate of drug-likeness (QED) is 0.385. The molecule has 3 aliphatic rings. The van der Waals surface area contributed by atoms with Gasteiger partial charge in [-0.25, -0.2) is 0 Å². The van der Waals surface area contributed by atoms with E-state index in [-0.39, 0.29) is 17.9 Å². The second kappa shape index (κ2) is 12.5. The minimum Gasteiger partial charge on any atom is -0.619 e. The fraction of sp³-hybridized carbons (Fsp3) is 0.594. The van der Waals surface area contributed by atoms with E-state index in [1.165, 1.54) is 49.4 Å². The number of benzene rings is 1. The first kappa shape index (κ1) is 27.6. The summed E-state index contributed by atoms with van der Waals surface area (Å²) in [5, 5.41) is 14.7. The normalized spacial score (nSPS) is 22.3. The van der Waals surface area contributed by atoms with Gasteiger partial charge in [-0.15, -0.1) is 0 Å². The summed E-state index contributed by atoms with van der Waals surface area (Å²) < 4.78 is 0.841. The highest BCUT2D eigenvalue weighted by Crippen LogP contribution is 2.36. The largest absolute Gasteiger partial charge is 0.619 e. The van der Waals surface area contributed by atoms with Crippen LogP contribution in [-0.2, 0) is 22.6 Å². The van der Waals surface area contributed by atoms with Crippen LogP contribution in [0.4, 0.5) is 0 Å². The molecule has 7 heteroatoms. The van der Waals surface area contributed by atoms with Crippen molar-refractivity contribution < 1.29 is 14.3 Å². The fourth-order valence-corrected chi connectivity index (χ4v) is 6.87. The van der Waals surface area contributed by atoms with Crippen molar-refractivity contribution in [1.29, 1.82) is 0 Å². The Morgan fingerprint density at radius 1 is 1.00 bits per heavy atom. The zero-order valence-corrected chi connectivity index (χ0v) is 23.4. The number of aromatic nitrogens is 1. The Bertz CT molecular complexity index is 1120. The lowest BCUT2D eigenvalue weighted by molar-refractivity contribution is -0.605. The average Bonchev–Trinajstić information content (AvgIpc) is 2.94. The maximum atomic E-state index is 13.8. The lowest BCUT2D eigenvalue weighted by atomic mass is 9.79. The van der Waals surface area contributed by atoms with E-state index in [9.17, 15) is 14.8 Å². The Morgan fingerprint density at radius 3 is 2.41 bits per heavy atom. The molecule has 210 valence electrons. The van der Waals surface area contributed by atoms with Crippen LogP contribution in [0.2, 0.25) is 0 Å². The molecule has 0 radical (unpaired) electrons. The van der Waals surface area contributed by atoms with E-state index in [1.54, 1.807) is 12.3 Å². The number of pyridine rings is 1. The average molecular weight is 533 g/mol. The SMILES string of the molecule is CCCCN1C(=O)[C@H](CC2CCCCC2)NC(=O)C12CCN(Cc1ccc(Cc3ccc[n+]([O-])c3)cc1)CC2. The molecule has 0 unspecified atom stereocenters. The van der Waals surface area contributed by atoms with Gasteiger partial charge in [0.05, 0.1) is 0 Å². The molecular weight excluding hydrogens is 488 g/mol. The molecular formula is C32H44N4O3. The number of carbonyl (C=O) groups excluding carboxylic acids is 2. The van der Waals surface area contributed by atoms with E-state index in [1.807, 2.05) is 11.0 Å². The van der Waals surface area contributed by atoms with Gasteiger partial charge in [-0.05, 0) is 48.8 Å². The van der Waals surface area contributed by atoms with Crippen LogP contribution in [0.25, 0.3) is 0 Å². The summed E-state index contributed by atoms with van der Waals surface area (Å²) >= 11 is 0. The molecule has 1 spiro atoms. The van der Waals surface area contributed by atoms with Crippen LogP contribution < -0.4 is 10.0 Å². The van der Waals surface area contributed by atoms with Gasteiger partial charge in [0, 0.05) is 44.2 Å². The number of hydrogen-bond acceptors (Lipinski definition) is 4. The minimum atomic E-state index is -0.705. The Hall–Kier alpha value is -2.93. The van der Waals surface area contributed by atoms with Crippen LogP contribution in [0.5, 0.6) is 0 Å². The van der Waals surface area contributed by atoms with Crippen molar-refractivity contribution in [3.63, 3.8) is 0 Å². The van der Waals surface area contributed by atoms with Gasteiger partial charge in [-0.3, -0.25) is 14.5 Å². The fourth-order valence-electron chi connectivity index (χ4n) is 6.87. The summed E-state index contributed by atoms with van der Waals surface area (Å²) in [5.41, 5.74) is 2.70. The summed E-state index contributed by atoms with van der Waals surface area (Å²) in [7, 11) is 0. The van der Waals surface area contributed by atoms with Gasteiger partial charge < -0.3 is 15.4 Å². The summed E-state index contributed by atoms with van der Waals surface area (Å²) in [5.74, 6) is 0.779. The third-order valence-corrected chi connectivity index (χ3v) is 9.19. The molecule has 2 amide bonds. The molecule has 2 aromatic rings. The van der Waals surface area contributed by atoms with Crippen LogP contribution in [0.15, 0.2) is 48.8 Å². The number of hydrogen-bond donors (Lipinski definition) is 1. The second-order valence-corrected chi connectivity index (χ2v) is 12.0. The Labute approximate surface area is 233 Å². The summed E-state index contributed by atoms with van der Waals surface area (Å²) in [6.45, 7) is 5.25. The molecule has 1 aromatic carbocycles. The molecule has 39 heavy (non-hydrogen) atoms. The van der Waals surface area contributed by atoms with Crippen molar-refractivity contribution in [1.82, 2.24) is 15.1 Å². The first-order valence-electron chi connectivity index (χ1n) is 15.1. The number of rotatable bonds is 9. The molecule has 3 fully saturated rings. The van der Waals surface area contributed by atoms with Crippen molar-refractivity contribution in [3.8, 4) is 0 Å². The smallest absolute Gasteiger partial charge is 0.246 e. The number of unbranched alkanes of at least 4 members (excludes halogenated alkanes) is 1. The zero-order valence-electron chi connectivity index (χ0n) is 23.4. The van der Waals surface area contributed by atoms with E-state index in [2.05, 4.69) is 41.4 Å². The van der Waals surface area contributed by atoms with Gasteiger partial charge >= 0.3 is 0 Å². The highest BCUT2D eigenvalue weighted by molar-refractivity contribution is 6.00. The molecule has 1 aliphatic carbocycles. The van der Waals surface area contributed by atoms with E-state index in [0.29, 0.717) is 25.3 Å². The number of piperidine rings is 1. The van der Waals surface area contributed by atoms with Crippen molar-refractivity contribution in [2.24, 2.45) is 5.92 Å². The highest BCUT2D eigenvalue weighted by Gasteiger charge is 2.53. The number of amides is 2. The van der Waals surface area contributed by atoms with Crippen molar-refractivity contribution in [3.05, 3.63) is 70.7 Å². The molecule has 1 aromatic heterocycles. The molecule has 2 aliphatic heterocycles. The van der Waals surface area contributed by atoms with E-state index < -0.39 is 5.54 Å². The van der Waals surface area contributed by atoms with Gasteiger partial charge in [0.1, 0.15) is 11.6 Å². The van der Waals surface area contributed by atoms with Crippen molar-refractivity contribution in [2.45, 2.75) is 95.7 Å². The lowest BCUT2D eigenvalue weighted by Crippen LogP contribution is -2.73. The number of nitrogens with zero attached hydrogens (tertiary/aromatic N) is 3. The van der Waals surface area contributed by atoms with Crippen molar-refractivity contribution in [2.75, 3.05) is 19.6 Å². The third-order valence-electron chi connectivity index (χ3n) is 9.19. The molecule has 7 nitrogen and oxygen atoms in total. The van der Waals surface area contributed by atoms with Gasteiger partial charge in [0.2, 0.25) is 11.8 Å². The first-order chi connectivity index (χ1) is 19.0. The number of carbonyl (C=O) groups is 2. The van der Waals surface area contributed by atoms with Gasteiger partial charge in [-0.1, -0.05) is 69.7 Å². The molecule has 1 N–H and O–H groups in total.